The van der Waals surface area contributed by atoms with Gasteiger partial charge >= 0.3 is 0 Å². The van der Waals surface area contributed by atoms with Crippen LogP contribution in [-0.4, -0.2) is 45.2 Å². The molecule has 1 saturated heterocycles. The van der Waals surface area contributed by atoms with Crippen molar-refractivity contribution in [1.29, 1.82) is 0 Å². The summed E-state index contributed by atoms with van der Waals surface area (Å²) in [5.74, 6) is 0.176. The lowest BCUT2D eigenvalue weighted by Crippen LogP contribution is -2.41. The molecule has 146 valence electrons. The van der Waals surface area contributed by atoms with E-state index in [1.807, 2.05) is 58.3 Å². The molecular formula is C21H25N5OS. The first-order valence-electron chi connectivity index (χ1n) is 9.77. The van der Waals surface area contributed by atoms with Crippen LogP contribution >= 0.6 is 11.3 Å². The quantitative estimate of drug-likeness (QED) is 0.662. The van der Waals surface area contributed by atoms with Crippen LogP contribution < -0.4 is 5.32 Å². The lowest BCUT2D eigenvalue weighted by Gasteiger charge is -2.32. The molecule has 1 aromatic carbocycles. The van der Waals surface area contributed by atoms with Crippen molar-refractivity contribution >= 4 is 22.9 Å². The molecule has 4 rings (SSSR count). The maximum Gasteiger partial charge on any atom is 0.228 e. The number of amides is 1. The predicted octanol–water partition coefficient (Wildman–Crippen LogP) is 3.75. The highest BCUT2D eigenvalue weighted by Gasteiger charge is 2.25. The van der Waals surface area contributed by atoms with Crippen LogP contribution in [0.3, 0.4) is 0 Å². The van der Waals surface area contributed by atoms with Crippen molar-refractivity contribution in [2.24, 2.45) is 5.92 Å². The van der Waals surface area contributed by atoms with Gasteiger partial charge in [0.15, 0.2) is 0 Å². The number of anilines is 1. The maximum absolute atomic E-state index is 12.7. The third kappa shape index (κ3) is 4.85. The minimum absolute atomic E-state index is 0.0525. The van der Waals surface area contributed by atoms with Gasteiger partial charge in [-0.25, -0.2) is 4.98 Å². The lowest BCUT2D eigenvalue weighted by molar-refractivity contribution is -0.121. The number of aryl methyl sites for hydroxylation is 1. The average molecular weight is 396 g/mol. The molecule has 1 amide bonds. The zero-order valence-electron chi connectivity index (χ0n) is 15.8. The van der Waals surface area contributed by atoms with Gasteiger partial charge in [-0.3, -0.25) is 9.48 Å². The number of piperidine rings is 1. The van der Waals surface area contributed by atoms with Gasteiger partial charge in [-0.05, 0) is 50.6 Å². The lowest BCUT2D eigenvalue weighted by atomic mass is 9.97. The number of aromatic nitrogens is 3. The number of likely N-dealkylation sites (tertiary alicyclic amines) is 1. The molecule has 1 aliphatic heterocycles. The zero-order chi connectivity index (χ0) is 19.2. The van der Waals surface area contributed by atoms with Crippen LogP contribution in [0.5, 0.6) is 0 Å². The molecular weight excluding hydrogens is 370 g/mol. The van der Waals surface area contributed by atoms with E-state index < -0.39 is 0 Å². The van der Waals surface area contributed by atoms with E-state index in [4.69, 9.17) is 0 Å². The predicted molar refractivity (Wildman–Crippen MR) is 112 cm³/mol. The fraction of sp³-hybridized carbons (Fsp3) is 0.381. The highest BCUT2D eigenvalue weighted by Crippen LogP contribution is 2.23. The van der Waals surface area contributed by atoms with Gasteiger partial charge in [0.2, 0.25) is 5.91 Å². The summed E-state index contributed by atoms with van der Waals surface area (Å²) in [6.45, 7) is 3.84. The SMILES string of the molecule is O=C(Nc1ccc(-c2cscn2)cc1)[C@@H]1CCCN(CCCn2cccn2)C1. The molecule has 6 nitrogen and oxygen atoms in total. The molecule has 3 heterocycles. The third-order valence-corrected chi connectivity index (χ3v) is 5.76. The Bertz CT molecular complexity index is 861. The molecule has 1 atom stereocenters. The summed E-state index contributed by atoms with van der Waals surface area (Å²) in [4.78, 5) is 19.4. The zero-order valence-corrected chi connectivity index (χ0v) is 16.6. The molecule has 2 aromatic heterocycles. The minimum Gasteiger partial charge on any atom is -0.326 e. The Hall–Kier alpha value is -2.51. The largest absolute Gasteiger partial charge is 0.326 e. The Morgan fingerprint density at radius 3 is 2.89 bits per heavy atom. The van der Waals surface area contributed by atoms with Crippen molar-refractivity contribution in [3.8, 4) is 11.3 Å². The summed E-state index contributed by atoms with van der Waals surface area (Å²) >= 11 is 1.58. The van der Waals surface area contributed by atoms with Crippen LogP contribution in [0.2, 0.25) is 0 Å². The first-order valence-corrected chi connectivity index (χ1v) is 10.7. The summed E-state index contributed by atoms with van der Waals surface area (Å²) in [7, 11) is 0. The van der Waals surface area contributed by atoms with E-state index in [0.717, 1.165) is 62.4 Å². The number of nitrogens with zero attached hydrogens (tertiary/aromatic N) is 4. The molecule has 0 bridgehead atoms. The number of rotatable bonds is 7. The monoisotopic (exact) mass is 395 g/mol. The maximum atomic E-state index is 12.7. The van der Waals surface area contributed by atoms with Crippen molar-refractivity contribution in [3.63, 3.8) is 0 Å². The number of hydrogen-bond acceptors (Lipinski definition) is 5. The van der Waals surface area contributed by atoms with Gasteiger partial charge in [-0.2, -0.15) is 5.10 Å². The van der Waals surface area contributed by atoms with Crippen LogP contribution in [0, 0.1) is 5.92 Å². The number of nitrogens with one attached hydrogen (secondary N) is 1. The first kappa shape index (κ1) is 18.8. The van der Waals surface area contributed by atoms with E-state index in [2.05, 4.69) is 20.3 Å². The van der Waals surface area contributed by atoms with E-state index in [-0.39, 0.29) is 11.8 Å². The molecule has 0 radical (unpaired) electrons. The summed E-state index contributed by atoms with van der Waals surface area (Å²) in [5.41, 5.74) is 4.72. The number of thiazole rings is 1. The Balaban J connectivity index is 1.26. The topological polar surface area (TPSA) is 63.1 Å². The van der Waals surface area contributed by atoms with E-state index in [9.17, 15) is 4.79 Å². The van der Waals surface area contributed by atoms with Crippen LogP contribution in [0.4, 0.5) is 5.69 Å². The molecule has 1 aliphatic rings. The van der Waals surface area contributed by atoms with Crippen LogP contribution in [0.25, 0.3) is 11.3 Å². The number of hydrogen-bond donors (Lipinski definition) is 1. The number of carbonyl (C=O) groups is 1. The smallest absolute Gasteiger partial charge is 0.228 e. The highest BCUT2D eigenvalue weighted by molar-refractivity contribution is 7.07. The van der Waals surface area contributed by atoms with E-state index in [1.54, 1.807) is 11.3 Å². The Morgan fingerprint density at radius 2 is 2.14 bits per heavy atom. The average Bonchev–Trinajstić information content (AvgIpc) is 3.43. The van der Waals surface area contributed by atoms with Gasteiger partial charge in [-0.15, -0.1) is 11.3 Å². The van der Waals surface area contributed by atoms with Gasteiger partial charge in [-0.1, -0.05) is 12.1 Å². The van der Waals surface area contributed by atoms with Crippen molar-refractivity contribution in [1.82, 2.24) is 19.7 Å². The minimum atomic E-state index is 0.0525. The van der Waals surface area contributed by atoms with E-state index in [1.165, 1.54) is 0 Å². The van der Waals surface area contributed by atoms with E-state index >= 15 is 0 Å². The summed E-state index contributed by atoms with van der Waals surface area (Å²) in [6, 6.07) is 9.87. The summed E-state index contributed by atoms with van der Waals surface area (Å²) < 4.78 is 1.96. The molecule has 1 fully saturated rings. The normalized spacial score (nSPS) is 17.5. The van der Waals surface area contributed by atoms with Crippen LogP contribution in [0.15, 0.2) is 53.6 Å². The highest BCUT2D eigenvalue weighted by atomic mass is 32.1. The van der Waals surface area contributed by atoms with Gasteiger partial charge in [0.05, 0.1) is 17.1 Å². The third-order valence-electron chi connectivity index (χ3n) is 5.18. The molecule has 0 aliphatic carbocycles. The second kappa shape index (κ2) is 9.12. The molecule has 0 spiro atoms. The summed E-state index contributed by atoms with van der Waals surface area (Å²) in [5, 5.41) is 9.35. The fourth-order valence-electron chi connectivity index (χ4n) is 3.69. The summed E-state index contributed by atoms with van der Waals surface area (Å²) in [6.07, 6.45) is 6.88. The van der Waals surface area contributed by atoms with Crippen molar-refractivity contribution in [3.05, 3.63) is 53.6 Å². The number of benzene rings is 1. The Labute approximate surface area is 169 Å². The second-order valence-electron chi connectivity index (χ2n) is 7.20. The molecule has 7 heteroatoms. The van der Waals surface area contributed by atoms with Crippen molar-refractivity contribution in [2.75, 3.05) is 25.0 Å². The molecule has 3 aromatic rings. The molecule has 28 heavy (non-hydrogen) atoms. The molecule has 0 unspecified atom stereocenters. The van der Waals surface area contributed by atoms with Crippen molar-refractivity contribution in [2.45, 2.75) is 25.8 Å². The van der Waals surface area contributed by atoms with Gasteiger partial charge in [0, 0.05) is 42.1 Å². The van der Waals surface area contributed by atoms with Gasteiger partial charge in [0.1, 0.15) is 0 Å². The van der Waals surface area contributed by atoms with Crippen LogP contribution in [0.1, 0.15) is 19.3 Å². The Kier molecular flexibility index (Phi) is 6.14. The molecule has 0 saturated carbocycles. The first-order chi connectivity index (χ1) is 13.8. The van der Waals surface area contributed by atoms with Crippen molar-refractivity contribution < 1.29 is 4.79 Å². The standard InChI is InChI=1S/C21H25N5OS/c27-21(24-19-7-5-17(6-8-19)20-15-28-16-22-20)18-4-1-10-25(14-18)11-3-13-26-12-2-9-23-26/h2,5-9,12,15-16,18H,1,3-4,10-11,13-14H2,(H,24,27)/t18-/m1/s1. The van der Waals surface area contributed by atoms with E-state index in [0.29, 0.717) is 0 Å². The fourth-order valence-corrected chi connectivity index (χ4v) is 4.25. The molecule has 1 N–H and O–H groups in total. The Morgan fingerprint density at radius 1 is 1.25 bits per heavy atom. The van der Waals surface area contributed by atoms with Crippen LogP contribution in [-0.2, 0) is 11.3 Å². The van der Waals surface area contributed by atoms with Gasteiger partial charge in [0.25, 0.3) is 0 Å². The second-order valence-corrected chi connectivity index (χ2v) is 7.92. The van der Waals surface area contributed by atoms with Gasteiger partial charge < -0.3 is 10.2 Å². The number of carbonyl (C=O) groups excluding carboxylic acids is 1.